The fourth-order valence-corrected chi connectivity index (χ4v) is 4.40. The van der Waals surface area contributed by atoms with Gasteiger partial charge in [-0.15, -0.1) is 0 Å². The summed E-state index contributed by atoms with van der Waals surface area (Å²) in [5, 5.41) is 93.9. The molecule has 15 atom stereocenters. The first-order chi connectivity index (χ1) is 16.9. The predicted molar refractivity (Wildman–Crippen MR) is 111 cm³/mol. The van der Waals surface area contributed by atoms with Crippen LogP contribution in [-0.2, 0) is 28.5 Å². The highest BCUT2D eigenvalue weighted by molar-refractivity contribution is 5.73. The number of carbonyl (C=O) groups excluding carboxylic acids is 1. The van der Waals surface area contributed by atoms with E-state index in [1.807, 2.05) is 0 Å². The van der Waals surface area contributed by atoms with Crippen molar-refractivity contribution in [3.05, 3.63) is 0 Å². The van der Waals surface area contributed by atoms with Crippen molar-refractivity contribution >= 4 is 5.91 Å². The number of ether oxygens (including phenoxy) is 5. The molecule has 0 aromatic heterocycles. The van der Waals surface area contributed by atoms with Gasteiger partial charge in [0.2, 0.25) is 5.91 Å². The average molecular weight is 529 g/mol. The van der Waals surface area contributed by atoms with Crippen LogP contribution in [0.4, 0.5) is 0 Å². The Morgan fingerprint density at radius 3 is 1.86 bits per heavy atom. The van der Waals surface area contributed by atoms with Gasteiger partial charge in [0.25, 0.3) is 0 Å². The molecule has 3 aliphatic rings. The number of aliphatic hydroxyl groups excluding tert-OH is 9. The fraction of sp³-hybridized carbons (Fsp3) is 0.950. The first-order valence-electron chi connectivity index (χ1n) is 11.4. The quantitative estimate of drug-likeness (QED) is 0.147. The van der Waals surface area contributed by atoms with Gasteiger partial charge in [-0.3, -0.25) is 4.79 Å². The molecular weight excluding hydrogens is 494 g/mol. The van der Waals surface area contributed by atoms with Crippen molar-refractivity contribution in [1.29, 1.82) is 0 Å². The van der Waals surface area contributed by atoms with E-state index in [0.717, 1.165) is 6.92 Å². The lowest BCUT2D eigenvalue weighted by atomic mass is 9.95. The van der Waals surface area contributed by atoms with Crippen LogP contribution in [0.2, 0.25) is 0 Å². The molecule has 10 N–H and O–H groups in total. The predicted octanol–water partition coefficient (Wildman–Crippen LogP) is -6.40. The Morgan fingerprint density at radius 1 is 0.722 bits per heavy atom. The molecule has 3 saturated heterocycles. The summed E-state index contributed by atoms with van der Waals surface area (Å²) in [6.07, 6.45) is -21.9. The van der Waals surface area contributed by atoms with Crippen molar-refractivity contribution in [2.75, 3.05) is 13.2 Å². The number of rotatable bonds is 7. The lowest BCUT2D eigenvalue weighted by Crippen LogP contribution is -2.68. The minimum absolute atomic E-state index is 0.623. The van der Waals surface area contributed by atoms with Crippen molar-refractivity contribution < 1.29 is 74.4 Å². The molecule has 3 aliphatic heterocycles. The van der Waals surface area contributed by atoms with Gasteiger partial charge in [0.05, 0.1) is 19.3 Å². The van der Waals surface area contributed by atoms with E-state index >= 15 is 0 Å². The molecule has 1 amide bonds. The van der Waals surface area contributed by atoms with Gasteiger partial charge in [-0.05, 0) is 6.92 Å². The second-order valence-electron chi connectivity index (χ2n) is 9.05. The molecule has 0 saturated carbocycles. The van der Waals surface area contributed by atoms with E-state index in [1.54, 1.807) is 0 Å². The first-order valence-corrected chi connectivity index (χ1v) is 11.4. The second-order valence-corrected chi connectivity index (χ2v) is 9.05. The third-order valence-corrected chi connectivity index (χ3v) is 6.46. The van der Waals surface area contributed by atoms with Gasteiger partial charge in [-0.1, -0.05) is 0 Å². The van der Waals surface area contributed by atoms with E-state index in [9.17, 15) is 50.8 Å². The van der Waals surface area contributed by atoms with E-state index in [0.29, 0.717) is 0 Å². The lowest BCUT2D eigenvalue weighted by molar-refractivity contribution is -0.375. The molecular formula is C20H35NO15. The number of carbonyl (C=O) groups is 1. The van der Waals surface area contributed by atoms with Gasteiger partial charge < -0.3 is 75.0 Å². The van der Waals surface area contributed by atoms with Crippen LogP contribution >= 0.6 is 0 Å². The third-order valence-electron chi connectivity index (χ3n) is 6.46. The molecule has 0 aliphatic carbocycles. The van der Waals surface area contributed by atoms with Gasteiger partial charge >= 0.3 is 0 Å². The topological polar surface area (TPSA) is 257 Å². The van der Waals surface area contributed by atoms with Gasteiger partial charge in [0, 0.05) is 6.92 Å². The summed E-state index contributed by atoms with van der Waals surface area (Å²) in [6, 6.07) is -1.37. The molecule has 0 aromatic rings. The zero-order valence-electron chi connectivity index (χ0n) is 19.5. The highest BCUT2D eigenvalue weighted by Gasteiger charge is 2.53. The number of nitrogens with one attached hydrogen (secondary N) is 1. The standard InChI is InChI=1S/C20H35NO15/c1-5-10(25)13(28)17(18(31)32-5)36-20-15(30)14(29)16(8(4-23)34-20)35-19-9(21-6(2)24)12(27)11(26)7(3-22)33-19/h5,7-20,22-23,25-31H,3-4H2,1-2H3,(H,21,24)/t5-,7+,8+,9-,10-,11+,12+,13+,14+,15+,16+,17+,18?,19+,20+/m0/s1. The fourth-order valence-electron chi connectivity index (χ4n) is 4.40. The Kier molecular flexibility index (Phi) is 9.97. The summed E-state index contributed by atoms with van der Waals surface area (Å²) >= 11 is 0. The maximum absolute atomic E-state index is 11.6. The molecule has 0 spiro atoms. The summed E-state index contributed by atoms with van der Waals surface area (Å²) < 4.78 is 27.0. The molecule has 0 bridgehead atoms. The first kappa shape index (κ1) is 29.5. The van der Waals surface area contributed by atoms with Crippen LogP contribution in [0.25, 0.3) is 0 Å². The van der Waals surface area contributed by atoms with Crippen molar-refractivity contribution in [2.24, 2.45) is 0 Å². The molecule has 0 radical (unpaired) electrons. The van der Waals surface area contributed by atoms with Gasteiger partial charge in [0.1, 0.15) is 67.1 Å². The summed E-state index contributed by atoms with van der Waals surface area (Å²) in [6.45, 7) is 1.01. The highest BCUT2D eigenvalue weighted by Crippen LogP contribution is 2.32. The van der Waals surface area contributed by atoms with Crippen LogP contribution in [0.1, 0.15) is 13.8 Å². The Labute approximate surface area is 205 Å². The average Bonchev–Trinajstić information content (AvgIpc) is 2.83. The summed E-state index contributed by atoms with van der Waals surface area (Å²) in [4.78, 5) is 11.6. The summed E-state index contributed by atoms with van der Waals surface area (Å²) in [5.41, 5.74) is 0. The van der Waals surface area contributed by atoms with Crippen LogP contribution in [0.3, 0.4) is 0 Å². The van der Waals surface area contributed by atoms with Crippen LogP contribution < -0.4 is 5.32 Å². The minimum atomic E-state index is -1.89. The zero-order chi connectivity index (χ0) is 26.9. The van der Waals surface area contributed by atoms with Crippen molar-refractivity contribution in [3.8, 4) is 0 Å². The monoisotopic (exact) mass is 529 g/mol. The SMILES string of the molecule is CC(=O)N[C@@H]1[C@@H](O[C@H]2[C@H](O)[C@@H](O)[C@@H](O[C@H]3C(O)O[C@@H](C)[C@H](O)[C@H]3O)O[C@@H]2CO)O[C@H](CO)[C@@H](O)[C@@H]1O. The molecule has 1 unspecified atom stereocenters. The molecule has 3 rings (SSSR count). The maximum atomic E-state index is 11.6. The van der Waals surface area contributed by atoms with E-state index in [4.69, 9.17) is 23.7 Å². The zero-order valence-corrected chi connectivity index (χ0v) is 19.5. The Balaban J connectivity index is 1.75. The van der Waals surface area contributed by atoms with Crippen molar-refractivity contribution in [2.45, 2.75) is 106 Å². The summed E-state index contributed by atoms with van der Waals surface area (Å²) in [7, 11) is 0. The normalized spacial score (nSPS) is 50.0. The Hall–Kier alpha value is -1.09. The smallest absolute Gasteiger partial charge is 0.217 e. The number of hydrogen-bond acceptors (Lipinski definition) is 15. The van der Waals surface area contributed by atoms with E-state index < -0.39 is 111 Å². The molecule has 210 valence electrons. The maximum Gasteiger partial charge on any atom is 0.217 e. The molecule has 16 heteroatoms. The van der Waals surface area contributed by atoms with Crippen molar-refractivity contribution in [1.82, 2.24) is 5.32 Å². The highest BCUT2D eigenvalue weighted by atomic mass is 16.8. The lowest BCUT2D eigenvalue weighted by Gasteiger charge is -2.48. The molecule has 0 aromatic carbocycles. The minimum Gasteiger partial charge on any atom is -0.394 e. The van der Waals surface area contributed by atoms with Crippen LogP contribution in [-0.4, -0.2) is 157 Å². The van der Waals surface area contributed by atoms with E-state index in [2.05, 4.69) is 5.32 Å². The number of hydrogen-bond donors (Lipinski definition) is 10. The van der Waals surface area contributed by atoms with E-state index in [1.165, 1.54) is 6.92 Å². The van der Waals surface area contributed by atoms with Crippen LogP contribution in [0.15, 0.2) is 0 Å². The molecule has 3 fully saturated rings. The second kappa shape index (κ2) is 12.2. The van der Waals surface area contributed by atoms with Crippen LogP contribution in [0, 0.1) is 0 Å². The van der Waals surface area contributed by atoms with E-state index in [-0.39, 0.29) is 0 Å². The van der Waals surface area contributed by atoms with Gasteiger partial charge in [-0.2, -0.15) is 0 Å². The summed E-state index contributed by atoms with van der Waals surface area (Å²) in [5.74, 6) is -0.623. The van der Waals surface area contributed by atoms with Gasteiger partial charge in [-0.25, -0.2) is 0 Å². The molecule has 16 nitrogen and oxygen atoms in total. The van der Waals surface area contributed by atoms with Crippen LogP contribution in [0.5, 0.6) is 0 Å². The molecule has 3 heterocycles. The number of aliphatic hydroxyl groups is 9. The Morgan fingerprint density at radius 2 is 1.28 bits per heavy atom. The third kappa shape index (κ3) is 5.97. The van der Waals surface area contributed by atoms with Gasteiger partial charge in [0.15, 0.2) is 18.9 Å². The van der Waals surface area contributed by atoms with Crippen molar-refractivity contribution in [3.63, 3.8) is 0 Å². The Bertz CT molecular complexity index is 729. The largest absolute Gasteiger partial charge is 0.394 e. The number of amides is 1. The molecule has 36 heavy (non-hydrogen) atoms.